The molecule has 0 saturated heterocycles. The fourth-order valence-electron chi connectivity index (χ4n) is 1.36. The lowest BCUT2D eigenvalue weighted by atomic mass is 10.2. The van der Waals surface area contributed by atoms with E-state index in [4.69, 9.17) is 9.84 Å². The predicted molar refractivity (Wildman–Crippen MR) is 62.3 cm³/mol. The quantitative estimate of drug-likeness (QED) is 0.781. The topological polar surface area (TPSA) is 42.4 Å². The first-order valence-electron chi connectivity index (χ1n) is 5.68. The molecule has 0 bridgehead atoms. The number of thiazole rings is 1. The number of aliphatic hydroxyl groups is 1. The molecule has 0 aliphatic heterocycles. The zero-order chi connectivity index (χ0) is 13.6. The molecule has 1 N–H and O–H groups in total. The van der Waals surface area contributed by atoms with Crippen LogP contribution in [0.5, 0.6) is 0 Å². The van der Waals surface area contributed by atoms with Gasteiger partial charge in [0.2, 0.25) is 0 Å². The van der Waals surface area contributed by atoms with Gasteiger partial charge in [-0.25, -0.2) is 4.98 Å². The van der Waals surface area contributed by atoms with E-state index in [1.54, 1.807) is 0 Å². The van der Waals surface area contributed by atoms with Crippen LogP contribution in [-0.2, 0) is 17.5 Å². The molecule has 0 aromatic carbocycles. The summed E-state index contributed by atoms with van der Waals surface area (Å²) in [6.07, 6.45) is -0.872. The third-order valence-electron chi connectivity index (χ3n) is 2.32. The number of alkyl halides is 3. The van der Waals surface area contributed by atoms with Gasteiger partial charge in [-0.15, -0.1) is 11.3 Å². The Bertz CT molecular complexity index is 354. The molecule has 0 radical (unpaired) electrons. The number of hydrogen-bond acceptors (Lipinski definition) is 4. The van der Waals surface area contributed by atoms with Crippen LogP contribution < -0.4 is 0 Å². The van der Waals surface area contributed by atoms with Crippen molar-refractivity contribution in [2.45, 2.75) is 45.1 Å². The highest BCUT2D eigenvalue weighted by atomic mass is 32.1. The number of hydrogen-bond donors (Lipinski definition) is 1. The molecule has 0 aliphatic carbocycles. The van der Waals surface area contributed by atoms with Gasteiger partial charge in [0.25, 0.3) is 0 Å². The molecule has 1 aromatic rings. The Morgan fingerprint density at radius 3 is 2.72 bits per heavy atom. The average Bonchev–Trinajstić information content (AvgIpc) is 2.75. The Morgan fingerprint density at radius 2 is 2.17 bits per heavy atom. The van der Waals surface area contributed by atoms with Crippen LogP contribution in [0.15, 0.2) is 6.20 Å². The van der Waals surface area contributed by atoms with E-state index in [0.717, 1.165) is 12.8 Å². The largest absolute Gasteiger partial charge is 0.443 e. The second kappa shape index (κ2) is 7.06. The molecule has 0 amide bonds. The molecular weight excluding hydrogens is 267 g/mol. The summed E-state index contributed by atoms with van der Waals surface area (Å²) in [5.74, 6) is 0. The molecule has 104 valence electrons. The van der Waals surface area contributed by atoms with Gasteiger partial charge in [0.15, 0.2) is 5.01 Å². The zero-order valence-electron chi connectivity index (χ0n) is 10.0. The van der Waals surface area contributed by atoms with Gasteiger partial charge in [-0.05, 0) is 26.2 Å². The Labute approximate surface area is 108 Å². The third kappa shape index (κ3) is 5.32. The number of ether oxygens (including phenoxy) is 1. The predicted octanol–water partition coefficient (Wildman–Crippen LogP) is 3.23. The van der Waals surface area contributed by atoms with Gasteiger partial charge in [-0.2, -0.15) is 13.2 Å². The molecule has 3 nitrogen and oxygen atoms in total. The highest BCUT2D eigenvalue weighted by molar-refractivity contribution is 7.11. The molecule has 0 spiro atoms. The van der Waals surface area contributed by atoms with E-state index < -0.39 is 11.2 Å². The lowest BCUT2D eigenvalue weighted by molar-refractivity contribution is -0.137. The van der Waals surface area contributed by atoms with E-state index in [2.05, 4.69) is 4.98 Å². The van der Waals surface area contributed by atoms with Crippen molar-refractivity contribution in [2.24, 2.45) is 0 Å². The Kier molecular flexibility index (Phi) is 6.04. The SMILES string of the molecule is CC(CCCCO)OCc1cnc(C(F)(F)F)s1. The molecule has 0 saturated carbocycles. The van der Waals surface area contributed by atoms with Crippen LogP contribution >= 0.6 is 11.3 Å². The third-order valence-corrected chi connectivity index (χ3v) is 3.34. The lowest BCUT2D eigenvalue weighted by Gasteiger charge is -2.11. The summed E-state index contributed by atoms with van der Waals surface area (Å²) in [6, 6.07) is 0. The van der Waals surface area contributed by atoms with Crippen LogP contribution in [0.25, 0.3) is 0 Å². The summed E-state index contributed by atoms with van der Waals surface area (Å²) in [4.78, 5) is 3.79. The van der Waals surface area contributed by atoms with Crippen molar-refractivity contribution in [1.82, 2.24) is 4.98 Å². The monoisotopic (exact) mass is 283 g/mol. The number of halogens is 3. The Morgan fingerprint density at radius 1 is 1.44 bits per heavy atom. The van der Waals surface area contributed by atoms with E-state index in [1.807, 2.05) is 6.92 Å². The standard InChI is InChI=1S/C11H16F3NO2S/c1-8(4-2-3-5-16)17-7-9-6-15-10(18-9)11(12,13)14/h6,8,16H,2-5,7H2,1H3. The second-order valence-corrected chi connectivity index (χ2v) is 5.09. The summed E-state index contributed by atoms with van der Waals surface area (Å²) in [5.41, 5.74) is 0. The first kappa shape index (κ1) is 15.4. The molecule has 18 heavy (non-hydrogen) atoms. The lowest BCUT2D eigenvalue weighted by Crippen LogP contribution is -2.07. The maximum absolute atomic E-state index is 12.3. The highest BCUT2D eigenvalue weighted by Gasteiger charge is 2.34. The number of aliphatic hydroxyl groups excluding tert-OH is 1. The first-order chi connectivity index (χ1) is 8.43. The highest BCUT2D eigenvalue weighted by Crippen LogP contribution is 2.32. The van der Waals surface area contributed by atoms with E-state index in [-0.39, 0.29) is 19.3 Å². The van der Waals surface area contributed by atoms with Crippen molar-refractivity contribution in [3.8, 4) is 0 Å². The zero-order valence-corrected chi connectivity index (χ0v) is 10.9. The normalized spacial score (nSPS) is 13.8. The smallest absolute Gasteiger partial charge is 0.396 e. The molecule has 1 unspecified atom stereocenters. The fourth-order valence-corrected chi connectivity index (χ4v) is 2.06. The maximum Gasteiger partial charge on any atom is 0.443 e. The minimum atomic E-state index is -4.38. The molecule has 0 aliphatic rings. The van der Waals surface area contributed by atoms with Gasteiger partial charge >= 0.3 is 6.18 Å². The van der Waals surface area contributed by atoms with Crippen molar-refractivity contribution in [3.63, 3.8) is 0 Å². The van der Waals surface area contributed by atoms with Crippen molar-refractivity contribution < 1.29 is 23.0 Å². The summed E-state index contributed by atoms with van der Waals surface area (Å²) in [5, 5.41) is 7.77. The van der Waals surface area contributed by atoms with E-state index in [0.29, 0.717) is 22.6 Å². The fraction of sp³-hybridized carbons (Fsp3) is 0.727. The number of unbranched alkanes of at least 4 members (excludes halogenated alkanes) is 1. The van der Waals surface area contributed by atoms with Crippen LogP contribution in [0, 0.1) is 0 Å². The van der Waals surface area contributed by atoms with Gasteiger partial charge in [0.05, 0.1) is 17.6 Å². The van der Waals surface area contributed by atoms with Crippen LogP contribution in [0.1, 0.15) is 36.1 Å². The molecule has 1 atom stereocenters. The van der Waals surface area contributed by atoms with Crippen LogP contribution in [0.4, 0.5) is 13.2 Å². The number of rotatable bonds is 7. The van der Waals surface area contributed by atoms with Gasteiger partial charge in [-0.1, -0.05) is 0 Å². The van der Waals surface area contributed by atoms with Gasteiger partial charge < -0.3 is 9.84 Å². The number of nitrogens with zero attached hydrogens (tertiary/aromatic N) is 1. The minimum Gasteiger partial charge on any atom is -0.396 e. The van der Waals surface area contributed by atoms with E-state index >= 15 is 0 Å². The molecule has 0 fully saturated rings. The van der Waals surface area contributed by atoms with Gasteiger partial charge in [0, 0.05) is 12.8 Å². The van der Waals surface area contributed by atoms with Crippen LogP contribution in [0.2, 0.25) is 0 Å². The molecule has 7 heteroatoms. The summed E-state index contributed by atoms with van der Waals surface area (Å²) < 4.78 is 42.3. The summed E-state index contributed by atoms with van der Waals surface area (Å²) in [7, 11) is 0. The second-order valence-electron chi connectivity index (χ2n) is 3.97. The molecule has 1 heterocycles. The molecule has 1 rings (SSSR count). The Hall–Kier alpha value is -0.660. The van der Waals surface area contributed by atoms with Crippen molar-refractivity contribution in [2.75, 3.05) is 6.61 Å². The van der Waals surface area contributed by atoms with Crippen molar-refractivity contribution in [1.29, 1.82) is 0 Å². The average molecular weight is 283 g/mol. The van der Waals surface area contributed by atoms with Gasteiger partial charge in [-0.3, -0.25) is 0 Å². The molecular formula is C11H16F3NO2S. The maximum atomic E-state index is 12.3. The minimum absolute atomic E-state index is 0.0343. The first-order valence-corrected chi connectivity index (χ1v) is 6.49. The van der Waals surface area contributed by atoms with E-state index in [9.17, 15) is 13.2 Å². The van der Waals surface area contributed by atoms with Crippen LogP contribution in [-0.4, -0.2) is 22.8 Å². The van der Waals surface area contributed by atoms with E-state index in [1.165, 1.54) is 6.20 Å². The summed E-state index contributed by atoms with van der Waals surface area (Å²) >= 11 is 0.609. The van der Waals surface area contributed by atoms with Crippen LogP contribution in [0.3, 0.4) is 0 Å². The van der Waals surface area contributed by atoms with Gasteiger partial charge in [0.1, 0.15) is 0 Å². The van der Waals surface area contributed by atoms with Crippen molar-refractivity contribution >= 4 is 11.3 Å². The number of aromatic nitrogens is 1. The molecule has 1 aromatic heterocycles. The summed E-state index contributed by atoms with van der Waals surface area (Å²) in [6.45, 7) is 2.16. The van der Waals surface area contributed by atoms with Crippen molar-refractivity contribution in [3.05, 3.63) is 16.1 Å². The Balaban J connectivity index is 2.33.